The van der Waals surface area contributed by atoms with Crippen molar-refractivity contribution in [3.63, 3.8) is 0 Å². The summed E-state index contributed by atoms with van der Waals surface area (Å²) in [5, 5.41) is 10.6. The van der Waals surface area contributed by atoms with Gasteiger partial charge in [0.25, 0.3) is 0 Å². The van der Waals surface area contributed by atoms with Gasteiger partial charge < -0.3 is 4.42 Å². The first-order valence-corrected chi connectivity index (χ1v) is 6.37. The summed E-state index contributed by atoms with van der Waals surface area (Å²) in [6, 6.07) is 8.89. The Labute approximate surface area is 117 Å². The number of aliphatic imine (C=N–C) groups is 1. The molecule has 0 aliphatic rings. The summed E-state index contributed by atoms with van der Waals surface area (Å²) >= 11 is 0. The van der Waals surface area contributed by atoms with Gasteiger partial charge in [-0.25, -0.2) is 0 Å². The van der Waals surface area contributed by atoms with Crippen LogP contribution in [0.3, 0.4) is 0 Å². The number of hydrogen-bond donors (Lipinski definition) is 0. The van der Waals surface area contributed by atoms with Crippen molar-refractivity contribution in [2.75, 3.05) is 0 Å². The van der Waals surface area contributed by atoms with E-state index in [1.807, 2.05) is 25.1 Å². The predicted molar refractivity (Wildman–Crippen MR) is 77.9 cm³/mol. The van der Waals surface area contributed by atoms with Gasteiger partial charge in [0, 0.05) is 0 Å². The van der Waals surface area contributed by atoms with Crippen LogP contribution in [0.2, 0.25) is 0 Å². The fraction of sp³-hybridized carbons (Fsp3) is 0.267. The molecule has 0 N–H and O–H groups in total. The Hall–Kier alpha value is -2.43. The molecule has 0 saturated heterocycles. The zero-order valence-electron chi connectivity index (χ0n) is 11.7. The van der Waals surface area contributed by atoms with E-state index in [4.69, 9.17) is 4.42 Å². The summed E-state index contributed by atoms with van der Waals surface area (Å²) in [6.07, 6.45) is 1.52. The molecule has 0 aliphatic carbocycles. The van der Waals surface area contributed by atoms with Crippen molar-refractivity contribution in [3.8, 4) is 0 Å². The molecular formula is C15H16N2O3. The minimum Gasteiger partial charge on any atom is -0.400 e. The largest absolute Gasteiger partial charge is 0.433 e. The maximum absolute atomic E-state index is 10.6. The average molecular weight is 272 g/mol. The molecule has 5 nitrogen and oxygen atoms in total. The first-order chi connectivity index (χ1) is 9.49. The van der Waals surface area contributed by atoms with E-state index in [1.165, 1.54) is 18.3 Å². The lowest BCUT2D eigenvalue weighted by Gasteiger charge is -2.11. The molecule has 0 saturated carbocycles. The van der Waals surface area contributed by atoms with Gasteiger partial charge in [-0.05, 0) is 30.0 Å². The molecule has 1 aromatic carbocycles. The first-order valence-electron chi connectivity index (χ1n) is 6.37. The molecule has 2 rings (SSSR count). The van der Waals surface area contributed by atoms with Crippen molar-refractivity contribution < 1.29 is 9.34 Å². The van der Waals surface area contributed by atoms with E-state index in [0.29, 0.717) is 11.7 Å². The monoisotopic (exact) mass is 272 g/mol. The van der Waals surface area contributed by atoms with Crippen LogP contribution in [-0.2, 0) is 0 Å². The van der Waals surface area contributed by atoms with E-state index < -0.39 is 4.92 Å². The van der Waals surface area contributed by atoms with Gasteiger partial charge in [-0.3, -0.25) is 15.1 Å². The Morgan fingerprint density at radius 3 is 2.65 bits per heavy atom. The molecule has 2 aromatic rings. The van der Waals surface area contributed by atoms with Crippen molar-refractivity contribution in [2.24, 2.45) is 4.99 Å². The number of hydrogen-bond acceptors (Lipinski definition) is 4. The zero-order chi connectivity index (χ0) is 14.7. The van der Waals surface area contributed by atoms with Crippen LogP contribution in [-0.4, -0.2) is 11.1 Å². The Balaban J connectivity index is 2.33. The fourth-order valence-electron chi connectivity index (χ4n) is 1.96. The lowest BCUT2D eigenvalue weighted by Crippen LogP contribution is -1.90. The van der Waals surface area contributed by atoms with Crippen LogP contribution < -0.4 is 0 Å². The highest BCUT2D eigenvalue weighted by atomic mass is 16.6. The molecule has 0 fully saturated rings. The summed E-state index contributed by atoms with van der Waals surface area (Å²) in [5.41, 5.74) is 3.09. The van der Waals surface area contributed by atoms with Gasteiger partial charge >= 0.3 is 5.88 Å². The number of aryl methyl sites for hydroxylation is 1. The standard InChI is InChI=1S/C15H16N2O3/c1-10(2)13-6-4-5-11(3)15(13)16-9-12-7-8-14(20-12)17(18)19/h4-10H,1-3H3. The molecule has 0 spiro atoms. The van der Waals surface area contributed by atoms with Crippen LogP contribution in [0.4, 0.5) is 11.6 Å². The molecule has 0 atom stereocenters. The normalized spacial score (nSPS) is 11.4. The SMILES string of the molecule is Cc1cccc(C(C)C)c1N=Cc1ccc([N+](=O)[O-])o1. The minimum atomic E-state index is -0.565. The van der Waals surface area contributed by atoms with Gasteiger partial charge in [-0.2, -0.15) is 0 Å². The maximum Gasteiger partial charge on any atom is 0.433 e. The van der Waals surface area contributed by atoms with Gasteiger partial charge in [0.1, 0.15) is 4.92 Å². The highest BCUT2D eigenvalue weighted by Crippen LogP contribution is 2.30. The number of rotatable bonds is 4. The summed E-state index contributed by atoms with van der Waals surface area (Å²) in [5.74, 6) is 0.447. The Bertz CT molecular complexity index is 657. The minimum absolute atomic E-state index is 0.277. The van der Waals surface area contributed by atoms with E-state index in [1.54, 1.807) is 0 Å². The second-order valence-corrected chi connectivity index (χ2v) is 4.86. The van der Waals surface area contributed by atoms with Gasteiger partial charge in [0.15, 0.2) is 5.76 Å². The van der Waals surface area contributed by atoms with Crippen molar-refractivity contribution >= 4 is 17.8 Å². The van der Waals surface area contributed by atoms with Crippen LogP contribution in [0.25, 0.3) is 0 Å². The van der Waals surface area contributed by atoms with Crippen LogP contribution in [0.15, 0.2) is 39.7 Å². The van der Waals surface area contributed by atoms with Crippen molar-refractivity contribution in [1.82, 2.24) is 0 Å². The first kappa shape index (κ1) is 14.0. The third kappa shape index (κ3) is 2.93. The number of furan rings is 1. The topological polar surface area (TPSA) is 68.6 Å². The second kappa shape index (κ2) is 5.69. The quantitative estimate of drug-likeness (QED) is 0.471. The molecule has 0 amide bonds. The molecule has 0 radical (unpaired) electrons. The molecule has 0 bridgehead atoms. The summed E-state index contributed by atoms with van der Waals surface area (Å²) < 4.78 is 5.06. The Morgan fingerprint density at radius 1 is 1.30 bits per heavy atom. The Kier molecular flexibility index (Phi) is 3.98. The fourth-order valence-corrected chi connectivity index (χ4v) is 1.96. The maximum atomic E-state index is 10.6. The highest BCUT2D eigenvalue weighted by molar-refractivity contribution is 5.80. The van der Waals surface area contributed by atoms with Crippen LogP contribution in [0.5, 0.6) is 0 Å². The van der Waals surface area contributed by atoms with E-state index in [0.717, 1.165) is 16.8 Å². The van der Waals surface area contributed by atoms with E-state index >= 15 is 0 Å². The molecule has 104 valence electrons. The number of nitrogens with zero attached hydrogens (tertiary/aromatic N) is 2. The number of para-hydroxylation sites is 1. The lowest BCUT2D eigenvalue weighted by atomic mass is 9.98. The summed E-state index contributed by atoms with van der Waals surface area (Å²) in [4.78, 5) is 14.4. The van der Waals surface area contributed by atoms with Crippen molar-refractivity contribution in [1.29, 1.82) is 0 Å². The van der Waals surface area contributed by atoms with Gasteiger partial charge in [-0.15, -0.1) is 0 Å². The van der Waals surface area contributed by atoms with Gasteiger partial charge in [0.2, 0.25) is 0 Å². The lowest BCUT2D eigenvalue weighted by molar-refractivity contribution is -0.402. The molecular weight excluding hydrogens is 256 g/mol. The number of nitro groups is 1. The van der Waals surface area contributed by atoms with E-state index in [-0.39, 0.29) is 5.88 Å². The third-order valence-corrected chi connectivity index (χ3v) is 3.00. The van der Waals surface area contributed by atoms with Crippen molar-refractivity contribution in [3.05, 3.63) is 57.3 Å². The Morgan fingerprint density at radius 2 is 2.05 bits per heavy atom. The van der Waals surface area contributed by atoms with Gasteiger partial charge in [0.05, 0.1) is 18.0 Å². The molecule has 5 heteroatoms. The predicted octanol–water partition coefficient (Wildman–Crippen LogP) is 4.37. The van der Waals surface area contributed by atoms with Crippen LogP contribution in [0, 0.1) is 17.0 Å². The molecule has 0 aliphatic heterocycles. The van der Waals surface area contributed by atoms with Crippen LogP contribution >= 0.6 is 0 Å². The number of benzene rings is 1. The van der Waals surface area contributed by atoms with Crippen molar-refractivity contribution in [2.45, 2.75) is 26.7 Å². The molecule has 0 unspecified atom stereocenters. The molecule has 1 heterocycles. The van der Waals surface area contributed by atoms with Crippen LogP contribution in [0.1, 0.15) is 36.7 Å². The average Bonchev–Trinajstić information content (AvgIpc) is 2.86. The van der Waals surface area contributed by atoms with Gasteiger partial charge in [-0.1, -0.05) is 32.0 Å². The third-order valence-electron chi connectivity index (χ3n) is 3.00. The molecule has 1 aromatic heterocycles. The summed E-state index contributed by atoms with van der Waals surface area (Å²) in [6.45, 7) is 6.19. The second-order valence-electron chi connectivity index (χ2n) is 4.86. The van der Waals surface area contributed by atoms with E-state index in [9.17, 15) is 10.1 Å². The summed E-state index contributed by atoms with van der Waals surface area (Å²) in [7, 11) is 0. The zero-order valence-corrected chi connectivity index (χ0v) is 11.7. The highest BCUT2D eigenvalue weighted by Gasteiger charge is 2.11. The molecule has 20 heavy (non-hydrogen) atoms. The van der Waals surface area contributed by atoms with E-state index in [2.05, 4.69) is 18.8 Å². The smallest absolute Gasteiger partial charge is 0.400 e.